The highest BCUT2D eigenvalue weighted by Gasteiger charge is 2.37. The second kappa shape index (κ2) is 6.27. The van der Waals surface area contributed by atoms with E-state index < -0.39 is 0 Å². The topological polar surface area (TPSA) is 24.5 Å². The average molecular weight is 288 g/mol. The van der Waals surface area contributed by atoms with Crippen LogP contribution in [0.5, 0.6) is 5.75 Å². The van der Waals surface area contributed by atoms with Crippen molar-refractivity contribution in [1.29, 1.82) is 0 Å². The molecule has 2 aliphatic rings. The standard InChI is InChI=1S/C18H28N2O/c1-3-15(2)21-17-8-6-7-16(13-17)20-12-11-19-18(14-20)9-4-5-10-18/h6-8,13,15,19H,3-5,9-12,14H2,1-2H3. The zero-order valence-corrected chi connectivity index (χ0v) is 13.4. The third-order valence-corrected chi connectivity index (χ3v) is 5.03. The fourth-order valence-corrected chi connectivity index (χ4v) is 3.63. The van der Waals surface area contributed by atoms with Gasteiger partial charge in [0, 0.05) is 36.9 Å². The minimum absolute atomic E-state index is 0.282. The third kappa shape index (κ3) is 3.34. The quantitative estimate of drug-likeness (QED) is 0.916. The molecule has 1 N–H and O–H groups in total. The minimum atomic E-state index is 0.282. The summed E-state index contributed by atoms with van der Waals surface area (Å²) in [4.78, 5) is 2.53. The van der Waals surface area contributed by atoms with Gasteiger partial charge in [0.15, 0.2) is 0 Å². The van der Waals surface area contributed by atoms with Crippen molar-refractivity contribution >= 4 is 5.69 Å². The van der Waals surface area contributed by atoms with E-state index in [1.165, 1.54) is 31.4 Å². The molecule has 1 unspecified atom stereocenters. The van der Waals surface area contributed by atoms with Gasteiger partial charge in [-0.2, -0.15) is 0 Å². The smallest absolute Gasteiger partial charge is 0.121 e. The van der Waals surface area contributed by atoms with E-state index in [-0.39, 0.29) is 6.10 Å². The number of rotatable bonds is 4. The molecule has 3 nitrogen and oxygen atoms in total. The third-order valence-electron chi connectivity index (χ3n) is 5.03. The van der Waals surface area contributed by atoms with Gasteiger partial charge in [0.25, 0.3) is 0 Å². The van der Waals surface area contributed by atoms with Crippen LogP contribution in [-0.2, 0) is 0 Å². The number of nitrogens with one attached hydrogen (secondary N) is 1. The molecule has 0 bridgehead atoms. The molecule has 1 aliphatic carbocycles. The van der Waals surface area contributed by atoms with Crippen LogP contribution < -0.4 is 15.0 Å². The van der Waals surface area contributed by atoms with Gasteiger partial charge in [0.1, 0.15) is 5.75 Å². The minimum Gasteiger partial charge on any atom is -0.491 e. The second-order valence-corrected chi connectivity index (χ2v) is 6.67. The SMILES string of the molecule is CCC(C)Oc1cccc(N2CCNC3(CCCC3)C2)c1. The van der Waals surface area contributed by atoms with Crippen LogP contribution in [0.1, 0.15) is 46.0 Å². The van der Waals surface area contributed by atoms with Crippen molar-refractivity contribution < 1.29 is 4.74 Å². The molecule has 3 rings (SSSR count). The Morgan fingerprint density at radius 1 is 1.33 bits per heavy atom. The van der Waals surface area contributed by atoms with Crippen LogP contribution in [0.4, 0.5) is 5.69 Å². The number of hydrogen-bond acceptors (Lipinski definition) is 3. The Kier molecular flexibility index (Phi) is 4.39. The summed E-state index contributed by atoms with van der Waals surface area (Å²) < 4.78 is 5.97. The second-order valence-electron chi connectivity index (χ2n) is 6.67. The molecule has 1 aromatic carbocycles. The zero-order valence-electron chi connectivity index (χ0n) is 13.4. The van der Waals surface area contributed by atoms with E-state index in [0.717, 1.165) is 31.8 Å². The molecule has 1 aliphatic heterocycles. The monoisotopic (exact) mass is 288 g/mol. The maximum absolute atomic E-state index is 5.97. The molecular weight excluding hydrogens is 260 g/mol. The molecule has 116 valence electrons. The van der Waals surface area contributed by atoms with Crippen molar-refractivity contribution in [2.75, 3.05) is 24.5 Å². The molecule has 1 aromatic rings. The molecule has 21 heavy (non-hydrogen) atoms. The number of hydrogen-bond donors (Lipinski definition) is 1. The maximum atomic E-state index is 5.97. The van der Waals surface area contributed by atoms with Gasteiger partial charge in [0.05, 0.1) is 6.10 Å². The maximum Gasteiger partial charge on any atom is 0.121 e. The van der Waals surface area contributed by atoms with Crippen molar-refractivity contribution in [3.05, 3.63) is 24.3 Å². The van der Waals surface area contributed by atoms with Crippen molar-refractivity contribution in [3.8, 4) is 5.75 Å². The van der Waals surface area contributed by atoms with Crippen molar-refractivity contribution in [1.82, 2.24) is 5.32 Å². The molecule has 1 saturated heterocycles. The van der Waals surface area contributed by atoms with Crippen LogP contribution in [0.15, 0.2) is 24.3 Å². The summed E-state index contributed by atoms with van der Waals surface area (Å²) >= 11 is 0. The Labute approximate surface area is 128 Å². The predicted octanol–water partition coefficient (Wildman–Crippen LogP) is 3.59. The molecule has 0 aromatic heterocycles. The number of piperazine rings is 1. The van der Waals surface area contributed by atoms with E-state index in [1.807, 2.05) is 0 Å². The Balaban J connectivity index is 1.72. The molecule has 1 saturated carbocycles. The van der Waals surface area contributed by atoms with Gasteiger partial charge < -0.3 is 15.0 Å². The zero-order chi connectivity index (χ0) is 14.7. The van der Waals surface area contributed by atoms with Crippen molar-refractivity contribution in [2.45, 2.75) is 57.6 Å². The number of benzene rings is 1. The van der Waals surface area contributed by atoms with E-state index in [9.17, 15) is 0 Å². The molecule has 0 radical (unpaired) electrons. The number of ether oxygens (including phenoxy) is 1. The van der Waals surface area contributed by atoms with Crippen LogP contribution in [0, 0.1) is 0 Å². The first kappa shape index (κ1) is 14.7. The van der Waals surface area contributed by atoms with Gasteiger partial charge in [0.2, 0.25) is 0 Å². The van der Waals surface area contributed by atoms with E-state index in [1.54, 1.807) is 0 Å². The molecule has 1 atom stereocenters. The van der Waals surface area contributed by atoms with Gasteiger partial charge in [-0.15, -0.1) is 0 Å². The van der Waals surface area contributed by atoms with Gasteiger partial charge in [-0.3, -0.25) is 0 Å². The lowest BCUT2D eigenvalue weighted by Gasteiger charge is -2.42. The summed E-state index contributed by atoms with van der Waals surface area (Å²) in [7, 11) is 0. The molecule has 3 heteroatoms. The fraction of sp³-hybridized carbons (Fsp3) is 0.667. The summed E-state index contributed by atoms with van der Waals surface area (Å²) in [6.07, 6.45) is 6.72. The predicted molar refractivity (Wildman–Crippen MR) is 88.2 cm³/mol. The van der Waals surface area contributed by atoms with Gasteiger partial charge in [-0.05, 0) is 38.3 Å². The lowest BCUT2D eigenvalue weighted by molar-refractivity contribution is 0.217. The normalized spacial score (nSPS) is 22.5. The van der Waals surface area contributed by atoms with Gasteiger partial charge >= 0.3 is 0 Å². The van der Waals surface area contributed by atoms with Crippen LogP contribution in [0.25, 0.3) is 0 Å². The summed E-state index contributed by atoms with van der Waals surface area (Å²) in [5, 5.41) is 3.78. The molecule has 1 heterocycles. The molecular formula is C18H28N2O. The highest BCUT2D eigenvalue weighted by atomic mass is 16.5. The molecule has 2 fully saturated rings. The van der Waals surface area contributed by atoms with Crippen LogP contribution >= 0.6 is 0 Å². The van der Waals surface area contributed by atoms with Crippen LogP contribution in [0.3, 0.4) is 0 Å². The van der Waals surface area contributed by atoms with E-state index >= 15 is 0 Å². The van der Waals surface area contributed by atoms with Gasteiger partial charge in [-0.25, -0.2) is 0 Å². The van der Waals surface area contributed by atoms with Gasteiger partial charge in [-0.1, -0.05) is 25.8 Å². The first-order valence-corrected chi connectivity index (χ1v) is 8.47. The number of anilines is 1. The summed E-state index contributed by atoms with van der Waals surface area (Å²) in [6.45, 7) is 7.62. The molecule has 1 spiro atoms. The lowest BCUT2D eigenvalue weighted by atomic mass is 9.94. The summed E-state index contributed by atoms with van der Waals surface area (Å²) in [5.74, 6) is 1.00. The Morgan fingerprint density at radius 2 is 2.14 bits per heavy atom. The van der Waals surface area contributed by atoms with Crippen molar-refractivity contribution in [2.24, 2.45) is 0 Å². The first-order chi connectivity index (χ1) is 10.2. The van der Waals surface area contributed by atoms with E-state index in [2.05, 4.69) is 48.3 Å². The number of nitrogens with zero attached hydrogens (tertiary/aromatic N) is 1. The highest BCUT2D eigenvalue weighted by Crippen LogP contribution is 2.34. The van der Waals surface area contributed by atoms with Crippen LogP contribution in [-0.4, -0.2) is 31.3 Å². The summed E-state index contributed by atoms with van der Waals surface area (Å²) in [5.41, 5.74) is 1.68. The van der Waals surface area contributed by atoms with E-state index in [0.29, 0.717) is 5.54 Å². The summed E-state index contributed by atoms with van der Waals surface area (Å²) in [6, 6.07) is 8.62. The average Bonchev–Trinajstić information content (AvgIpc) is 2.95. The van der Waals surface area contributed by atoms with Crippen LogP contribution in [0.2, 0.25) is 0 Å². The largest absolute Gasteiger partial charge is 0.491 e. The Bertz CT molecular complexity index is 468. The van der Waals surface area contributed by atoms with E-state index in [4.69, 9.17) is 4.74 Å². The Hall–Kier alpha value is -1.22. The fourth-order valence-electron chi connectivity index (χ4n) is 3.63. The first-order valence-electron chi connectivity index (χ1n) is 8.47. The molecule has 0 amide bonds. The lowest BCUT2D eigenvalue weighted by Crippen LogP contribution is -2.59. The Morgan fingerprint density at radius 3 is 2.90 bits per heavy atom. The highest BCUT2D eigenvalue weighted by molar-refractivity contribution is 5.51. The van der Waals surface area contributed by atoms with Crippen molar-refractivity contribution in [3.63, 3.8) is 0 Å².